The summed E-state index contributed by atoms with van der Waals surface area (Å²) in [6, 6.07) is 7.96. The van der Waals surface area contributed by atoms with Gasteiger partial charge in [0.25, 0.3) is 0 Å². The lowest BCUT2D eigenvalue weighted by atomic mass is 10.2. The monoisotopic (exact) mass is 483 g/mol. The molecule has 2 aromatic rings. The SMILES string of the molecule is CC1CCCC(NC(=O)OC(C)(C)C)[SiH]1c1nc(-c2ccc(Br)cc2)c(Cl)[nH]1. The fourth-order valence-corrected chi connectivity index (χ4v) is 8.23. The molecule has 0 aliphatic carbocycles. The Morgan fingerprint density at radius 3 is 2.64 bits per heavy atom. The summed E-state index contributed by atoms with van der Waals surface area (Å²) in [5.74, 6) is 0. The third kappa shape index (κ3) is 5.18. The lowest BCUT2D eigenvalue weighted by Crippen LogP contribution is -2.57. The minimum absolute atomic E-state index is 0.0959. The fourth-order valence-electron chi connectivity index (χ4n) is 3.82. The zero-order valence-electron chi connectivity index (χ0n) is 16.7. The van der Waals surface area contributed by atoms with E-state index in [2.05, 4.69) is 33.2 Å². The average molecular weight is 485 g/mol. The number of carbonyl (C=O) groups excluding carboxylic acids is 1. The summed E-state index contributed by atoms with van der Waals surface area (Å²) >= 11 is 9.96. The van der Waals surface area contributed by atoms with E-state index in [0.29, 0.717) is 10.7 Å². The van der Waals surface area contributed by atoms with Gasteiger partial charge in [-0.1, -0.05) is 59.4 Å². The Morgan fingerprint density at radius 2 is 2.00 bits per heavy atom. The van der Waals surface area contributed by atoms with E-state index < -0.39 is 14.4 Å². The lowest BCUT2D eigenvalue weighted by Gasteiger charge is -2.34. The van der Waals surface area contributed by atoms with Crippen LogP contribution in [0.4, 0.5) is 4.79 Å². The van der Waals surface area contributed by atoms with Crippen molar-refractivity contribution in [2.45, 2.75) is 63.8 Å². The zero-order chi connectivity index (χ0) is 20.5. The van der Waals surface area contributed by atoms with E-state index >= 15 is 0 Å². The molecule has 0 saturated carbocycles. The summed E-state index contributed by atoms with van der Waals surface area (Å²) in [5.41, 5.74) is 2.79. The number of carbonyl (C=O) groups is 1. The number of nitrogens with zero attached hydrogens (tertiary/aromatic N) is 1. The van der Waals surface area contributed by atoms with E-state index in [1.165, 1.54) is 0 Å². The van der Waals surface area contributed by atoms with Crippen LogP contribution in [0.15, 0.2) is 28.7 Å². The number of aromatic nitrogens is 2. The molecule has 1 amide bonds. The summed E-state index contributed by atoms with van der Waals surface area (Å²) in [6.45, 7) is 7.89. The van der Waals surface area contributed by atoms with E-state index in [4.69, 9.17) is 21.3 Å². The van der Waals surface area contributed by atoms with Crippen molar-refractivity contribution in [2.24, 2.45) is 0 Å². The third-order valence-electron chi connectivity index (χ3n) is 5.03. The predicted molar refractivity (Wildman–Crippen MR) is 120 cm³/mol. The topological polar surface area (TPSA) is 67.0 Å². The highest BCUT2D eigenvalue weighted by molar-refractivity contribution is 9.10. The van der Waals surface area contributed by atoms with E-state index in [0.717, 1.165) is 40.4 Å². The molecular formula is C20H27BrClN3O2Si. The highest BCUT2D eigenvalue weighted by Gasteiger charge is 2.38. The number of alkyl carbamates (subject to hydrolysis) is 1. The van der Waals surface area contributed by atoms with Gasteiger partial charge in [0.15, 0.2) is 0 Å². The van der Waals surface area contributed by atoms with Gasteiger partial charge in [-0.2, -0.15) is 0 Å². The second-order valence-electron chi connectivity index (χ2n) is 8.48. The van der Waals surface area contributed by atoms with Crippen LogP contribution in [0.3, 0.4) is 0 Å². The molecule has 28 heavy (non-hydrogen) atoms. The number of rotatable bonds is 3. The molecule has 3 unspecified atom stereocenters. The molecule has 1 aromatic heterocycles. The standard InChI is InChI=1S/C20H27BrClN3O2Si/c1-12-6-5-7-15(23-19(26)27-20(2,3)4)28(12)18-24-16(17(22)25-18)13-8-10-14(21)11-9-13/h8-12,15,28H,5-7H2,1-4H3,(H,23,26)(H,24,25). The van der Waals surface area contributed by atoms with Gasteiger partial charge in [0.1, 0.15) is 25.2 Å². The smallest absolute Gasteiger partial charge is 0.407 e. The van der Waals surface area contributed by atoms with Gasteiger partial charge in [-0.25, -0.2) is 9.78 Å². The number of imidazole rings is 1. The number of H-pyrrole nitrogens is 1. The molecule has 1 aliphatic heterocycles. The van der Waals surface area contributed by atoms with Gasteiger partial charge in [-0.15, -0.1) is 0 Å². The van der Waals surface area contributed by atoms with Gasteiger partial charge in [-0.3, -0.25) is 0 Å². The Kier molecular flexibility index (Phi) is 6.57. The Labute approximate surface area is 181 Å². The number of halogens is 2. The third-order valence-corrected chi connectivity index (χ3v) is 9.67. The Bertz CT molecular complexity index is 835. The van der Waals surface area contributed by atoms with Gasteiger partial charge >= 0.3 is 6.09 Å². The quantitative estimate of drug-likeness (QED) is 0.607. The second kappa shape index (κ2) is 8.59. The van der Waals surface area contributed by atoms with Crippen molar-refractivity contribution in [2.75, 3.05) is 0 Å². The Balaban J connectivity index is 1.85. The van der Waals surface area contributed by atoms with Crippen molar-refractivity contribution >= 4 is 47.9 Å². The zero-order valence-corrected chi connectivity index (χ0v) is 20.2. The first-order valence-corrected chi connectivity index (χ1v) is 12.7. The summed E-state index contributed by atoms with van der Waals surface area (Å²) in [4.78, 5) is 20.6. The molecule has 8 heteroatoms. The van der Waals surface area contributed by atoms with Crippen molar-refractivity contribution < 1.29 is 9.53 Å². The average Bonchev–Trinajstić information content (AvgIpc) is 2.95. The molecule has 152 valence electrons. The Morgan fingerprint density at radius 1 is 1.32 bits per heavy atom. The molecule has 1 aromatic carbocycles. The number of amides is 1. The number of benzene rings is 1. The molecule has 1 saturated heterocycles. The van der Waals surface area contributed by atoms with Crippen molar-refractivity contribution in [3.63, 3.8) is 0 Å². The number of hydrogen-bond acceptors (Lipinski definition) is 3. The largest absolute Gasteiger partial charge is 0.444 e. The lowest BCUT2D eigenvalue weighted by molar-refractivity contribution is 0.0516. The van der Waals surface area contributed by atoms with Crippen LogP contribution in [-0.4, -0.2) is 36.1 Å². The van der Waals surface area contributed by atoms with Crippen LogP contribution >= 0.6 is 27.5 Å². The van der Waals surface area contributed by atoms with Crippen molar-refractivity contribution in [3.05, 3.63) is 33.9 Å². The van der Waals surface area contributed by atoms with E-state index in [1.807, 2.05) is 45.0 Å². The fraction of sp³-hybridized carbons (Fsp3) is 0.500. The van der Waals surface area contributed by atoms with Gasteiger partial charge in [-0.05, 0) is 44.9 Å². The molecule has 0 bridgehead atoms. The van der Waals surface area contributed by atoms with Gasteiger partial charge in [0, 0.05) is 15.7 Å². The molecule has 3 atom stereocenters. The minimum atomic E-state index is -1.63. The summed E-state index contributed by atoms with van der Waals surface area (Å²) < 4.78 is 6.49. The molecule has 0 radical (unpaired) electrons. The van der Waals surface area contributed by atoms with Crippen LogP contribution < -0.4 is 10.8 Å². The first-order chi connectivity index (χ1) is 13.1. The van der Waals surface area contributed by atoms with Crippen LogP contribution in [0.2, 0.25) is 10.7 Å². The molecule has 3 rings (SSSR count). The van der Waals surface area contributed by atoms with Crippen molar-refractivity contribution in [3.8, 4) is 11.3 Å². The summed E-state index contributed by atoms with van der Waals surface area (Å²) in [7, 11) is -1.63. The van der Waals surface area contributed by atoms with Crippen LogP contribution in [0.5, 0.6) is 0 Å². The molecule has 5 nitrogen and oxygen atoms in total. The van der Waals surface area contributed by atoms with Crippen LogP contribution in [0, 0.1) is 0 Å². The normalized spacial score (nSPS) is 22.7. The maximum absolute atomic E-state index is 12.4. The first-order valence-electron chi connectivity index (χ1n) is 9.65. The molecule has 0 spiro atoms. The summed E-state index contributed by atoms with van der Waals surface area (Å²) in [6.07, 6.45) is 2.84. The highest BCUT2D eigenvalue weighted by Crippen LogP contribution is 2.30. The number of nitrogens with one attached hydrogen (secondary N) is 2. The van der Waals surface area contributed by atoms with Crippen LogP contribution in [0.25, 0.3) is 11.3 Å². The van der Waals surface area contributed by atoms with Gasteiger partial charge in [0.2, 0.25) is 0 Å². The highest BCUT2D eigenvalue weighted by atomic mass is 79.9. The van der Waals surface area contributed by atoms with E-state index in [1.54, 1.807) is 0 Å². The molecule has 2 N–H and O–H groups in total. The Hall–Kier alpha value is -1.31. The van der Waals surface area contributed by atoms with E-state index in [-0.39, 0.29) is 11.8 Å². The van der Waals surface area contributed by atoms with Gasteiger partial charge < -0.3 is 15.0 Å². The van der Waals surface area contributed by atoms with Crippen molar-refractivity contribution in [1.82, 2.24) is 15.3 Å². The van der Waals surface area contributed by atoms with Crippen LogP contribution in [-0.2, 0) is 4.74 Å². The van der Waals surface area contributed by atoms with Crippen LogP contribution in [0.1, 0.15) is 47.0 Å². The van der Waals surface area contributed by atoms with E-state index in [9.17, 15) is 4.79 Å². The first kappa shape index (κ1) is 21.4. The summed E-state index contributed by atoms with van der Waals surface area (Å²) in [5, 5.41) is 3.68. The molecule has 1 aliphatic rings. The minimum Gasteiger partial charge on any atom is -0.444 e. The number of aromatic amines is 1. The maximum Gasteiger partial charge on any atom is 0.407 e. The predicted octanol–water partition coefficient (Wildman–Crippen LogP) is 4.93. The second-order valence-corrected chi connectivity index (χ2v) is 13.3. The molecule has 1 fully saturated rings. The molecular weight excluding hydrogens is 458 g/mol. The number of hydrogen-bond donors (Lipinski definition) is 2. The maximum atomic E-state index is 12.4. The molecule has 2 heterocycles. The van der Waals surface area contributed by atoms with Crippen molar-refractivity contribution in [1.29, 1.82) is 0 Å². The number of ether oxygens (including phenoxy) is 1. The van der Waals surface area contributed by atoms with Gasteiger partial charge in [0.05, 0.1) is 5.45 Å².